The Balaban J connectivity index is 1.93. The minimum Gasteiger partial charge on any atom is -0.453 e. The predicted octanol–water partition coefficient (Wildman–Crippen LogP) is 4.07. The Labute approximate surface area is 161 Å². The topological polar surface area (TPSA) is 84.5 Å². The second-order valence-corrected chi connectivity index (χ2v) is 7.64. The van der Waals surface area contributed by atoms with Crippen LogP contribution in [0.2, 0.25) is 0 Å². The van der Waals surface area contributed by atoms with Gasteiger partial charge in [0.2, 0.25) is 0 Å². The van der Waals surface area contributed by atoms with E-state index < -0.39 is 12.0 Å². The summed E-state index contributed by atoms with van der Waals surface area (Å²) in [6, 6.07) is 7.22. The van der Waals surface area contributed by atoms with Crippen LogP contribution in [0.15, 0.2) is 24.3 Å². The average Bonchev–Trinajstić information content (AvgIpc) is 2.82. The van der Waals surface area contributed by atoms with Gasteiger partial charge in [0, 0.05) is 10.4 Å². The molecule has 3 rings (SSSR count). The minimum atomic E-state index is -0.815. The number of alkyl carbamates (subject to hydrolysis) is 1. The zero-order chi connectivity index (χ0) is 19.4. The van der Waals surface area contributed by atoms with Crippen molar-refractivity contribution in [2.45, 2.75) is 39.0 Å². The van der Waals surface area contributed by atoms with Crippen molar-refractivity contribution in [2.75, 3.05) is 12.4 Å². The van der Waals surface area contributed by atoms with Crippen LogP contribution in [0.1, 0.15) is 56.0 Å². The maximum absolute atomic E-state index is 12.7. The molecule has 1 aromatic carbocycles. The highest BCUT2D eigenvalue weighted by Crippen LogP contribution is 2.37. The molecular weight excluding hydrogens is 364 g/mol. The van der Waals surface area contributed by atoms with E-state index in [4.69, 9.17) is 0 Å². The van der Waals surface area contributed by atoms with E-state index in [1.807, 2.05) is 19.1 Å². The minimum absolute atomic E-state index is 0.279. The number of methoxy groups -OCH3 is 1. The summed E-state index contributed by atoms with van der Waals surface area (Å²) in [6.45, 7) is 1.95. The highest BCUT2D eigenvalue weighted by molar-refractivity contribution is 7.17. The molecule has 0 fully saturated rings. The molecule has 27 heavy (non-hydrogen) atoms. The Bertz CT molecular complexity index is 871. The van der Waals surface area contributed by atoms with Gasteiger partial charge >= 0.3 is 6.09 Å². The van der Waals surface area contributed by atoms with Gasteiger partial charge < -0.3 is 10.1 Å². The van der Waals surface area contributed by atoms with Gasteiger partial charge in [0.05, 0.1) is 12.7 Å². The summed E-state index contributed by atoms with van der Waals surface area (Å²) in [7, 11) is 1.21. The molecule has 3 amide bonds. The standard InChI is InChI=1S/C20H22N2O4S/c1-12-8-10-13(11-9-12)17(23)21-19-16(18(24)22-20(25)26-2)14-6-4-3-5-7-15(14)27-19/h8-11H,3-7H2,1-2H3,(H,21,23)(H,22,24,25). The normalized spacial score (nSPS) is 13.3. The molecular formula is C20H22N2O4S. The van der Waals surface area contributed by atoms with Crippen molar-refractivity contribution in [3.05, 3.63) is 51.4 Å². The number of amides is 3. The van der Waals surface area contributed by atoms with Crippen LogP contribution in [0.3, 0.4) is 0 Å². The van der Waals surface area contributed by atoms with Crippen molar-refractivity contribution in [1.82, 2.24) is 5.32 Å². The summed E-state index contributed by atoms with van der Waals surface area (Å²) in [5.74, 6) is -0.820. The molecule has 1 heterocycles. The summed E-state index contributed by atoms with van der Waals surface area (Å²) in [4.78, 5) is 37.9. The lowest BCUT2D eigenvalue weighted by Gasteiger charge is -2.09. The van der Waals surface area contributed by atoms with Gasteiger partial charge in [0.15, 0.2) is 0 Å². The van der Waals surface area contributed by atoms with Crippen LogP contribution in [-0.2, 0) is 17.6 Å². The second kappa shape index (κ2) is 8.35. The first-order valence-electron chi connectivity index (χ1n) is 8.91. The molecule has 7 heteroatoms. The maximum atomic E-state index is 12.7. The van der Waals surface area contributed by atoms with Crippen LogP contribution >= 0.6 is 11.3 Å². The molecule has 1 aliphatic rings. The lowest BCUT2D eigenvalue weighted by molar-refractivity contribution is 0.0937. The van der Waals surface area contributed by atoms with Gasteiger partial charge in [0.1, 0.15) is 5.00 Å². The molecule has 1 aromatic heterocycles. The largest absolute Gasteiger partial charge is 0.453 e. The number of rotatable bonds is 3. The lowest BCUT2D eigenvalue weighted by atomic mass is 10.0. The Morgan fingerprint density at radius 2 is 1.70 bits per heavy atom. The first-order valence-corrected chi connectivity index (χ1v) is 9.73. The molecule has 0 bridgehead atoms. The molecule has 0 atom stereocenters. The van der Waals surface area contributed by atoms with Gasteiger partial charge in [-0.05, 0) is 50.3 Å². The fourth-order valence-electron chi connectivity index (χ4n) is 3.16. The van der Waals surface area contributed by atoms with Crippen molar-refractivity contribution in [1.29, 1.82) is 0 Å². The summed E-state index contributed by atoms with van der Waals surface area (Å²) in [5.41, 5.74) is 2.89. The van der Waals surface area contributed by atoms with Gasteiger partial charge in [-0.15, -0.1) is 11.3 Å². The number of imide groups is 1. The smallest absolute Gasteiger partial charge is 0.413 e. The number of carbonyl (C=O) groups is 3. The van der Waals surface area contributed by atoms with E-state index >= 15 is 0 Å². The maximum Gasteiger partial charge on any atom is 0.413 e. The molecule has 0 aliphatic heterocycles. The van der Waals surface area contributed by atoms with E-state index in [-0.39, 0.29) is 5.91 Å². The zero-order valence-electron chi connectivity index (χ0n) is 15.4. The number of ether oxygens (including phenoxy) is 1. The number of benzene rings is 1. The number of fused-ring (bicyclic) bond motifs is 1. The van der Waals surface area contributed by atoms with Crippen molar-refractivity contribution in [3.8, 4) is 0 Å². The van der Waals surface area contributed by atoms with Crippen LogP contribution in [-0.4, -0.2) is 25.0 Å². The second-order valence-electron chi connectivity index (χ2n) is 6.53. The number of carbonyl (C=O) groups excluding carboxylic acids is 3. The monoisotopic (exact) mass is 386 g/mol. The summed E-state index contributed by atoms with van der Waals surface area (Å²) in [5, 5.41) is 5.56. The summed E-state index contributed by atoms with van der Waals surface area (Å²) >= 11 is 1.42. The van der Waals surface area contributed by atoms with Crippen LogP contribution < -0.4 is 10.6 Å². The zero-order valence-corrected chi connectivity index (χ0v) is 16.2. The van der Waals surface area contributed by atoms with Crippen molar-refractivity contribution in [3.63, 3.8) is 0 Å². The Morgan fingerprint density at radius 3 is 2.41 bits per heavy atom. The van der Waals surface area contributed by atoms with E-state index in [2.05, 4.69) is 15.4 Å². The molecule has 6 nitrogen and oxygen atoms in total. The molecule has 0 spiro atoms. The van der Waals surface area contributed by atoms with Gasteiger partial charge in [-0.1, -0.05) is 24.1 Å². The lowest BCUT2D eigenvalue weighted by Crippen LogP contribution is -2.31. The quantitative estimate of drug-likeness (QED) is 0.779. The summed E-state index contributed by atoms with van der Waals surface area (Å²) in [6.07, 6.45) is 3.95. The average molecular weight is 386 g/mol. The molecule has 0 saturated heterocycles. The fourth-order valence-corrected chi connectivity index (χ4v) is 4.44. The van der Waals surface area contributed by atoms with E-state index in [0.29, 0.717) is 16.1 Å². The van der Waals surface area contributed by atoms with Crippen LogP contribution in [0.25, 0.3) is 0 Å². The first kappa shape index (κ1) is 19.1. The number of hydrogen-bond acceptors (Lipinski definition) is 5. The molecule has 0 unspecified atom stereocenters. The third-order valence-corrected chi connectivity index (χ3v) is 5.80. The molecule has 0 radical (unpaired) electrons. The number of thiophene rings is 1. The Morgan fingerprint density at radius 1 is 1.00 bits per heavy atom. The predicted molar refractivity (Wildman–Crippen MR) is 105 cm³/mol. The highest BCUT2D eigenvalue weighted by Gasteiger charge is 2.27. The van der Waals surface area contributed by atoms with E-state index in [1.165, 1.54) is 18.4 Å². The van der Waals surface area contributed by atoms with Crippen molar-refractivity contribution >= 4 is 34.2 Å². The number of hydrogen-bond donors (Lipinski definition) is 2. The molecule has 2 N–H and O–H groups in total. The first-order chi connectivity index (χ1) is 13.0. The van der Waals surface area contributed by atoms with Crippen molar-refractivity contribution < 1.29 is 19.1 Å². The van der Waals surface area contributed by atoms with Crippen molar-refractivity contribution in [2.24, 2.45) is 0 Å². The number of aryl methyl sites for hydroxylation is 2. The van der Waals surface area contributed by atoms with Crippen LogP contribution in [0, 0.1) is 6.92 Å². The molecule has 0 saturated carbocycles. The van der Waals surface area contributed by atoms with E-state index in [1.54, 1.807) is 12.1 Å². The van der Waals surface area contributed by atoms with Crippen LogP contribution in [0.5, 0.6) is 0 Å². The van der Waals surface area contributed by atoms with E-state index in [0.717, 1.165) is 48.1 Å². The van der Waals surface area contributed by atoms with Crippen LogP contribution in [0.4, 0.5) is 9.80 Å². The molecule has 2 aromatic rings. The van der Waals surface area contributed by atoms with Gasteiger partial charge in [-0.2, -0.15) is 0 Å². The third-order valence-electron chi connectivity index (χ3n) is 4.59. The molecule has 1 aliphatic carbocycles. The number of anilines is 1. The Hall–Kier alpha value is -2.67. The highest BCUT2D eigenvalue weighted by atomic mass is 32.1. The summed E-state index contributed by atoms with van der Waals surface area (Å²) < 4.78 is 4.53. The van der Waals surface area contributed by atoms with Gasteiger partial charge in [0.25, 0.3) is 11.8 Å². The Kier molecular flexibility index (Phi) is 5.91. The number of nitrogens with one attached hydrogen (secondary N) is 2. The van der Waals surface area contributed by atoms with E-state index in [9.17, 15) is 14.4 Å². The van der Waals surface area contributed by atoms with Gasteiger partial charge in [-0.25, -0.2) is 4.79 Å². The van der Waals surface area contributed by atoms with Gasteiger partial charge in [-0.3, -0.25) is 14.9 Å². The fraction of sp³-hybridized carbons (Fsp3) is 0.350. The third kappa shape index (κ3) is 4.36. The SMILES string of the molecule is COC(=O)NC(=O)c1c(NC(=O)c2ccc(C)cc2)sc2c1CCCCC2. The molecule has 142 valence electrons.